The smallest absolute Gasteiger partial charge is 0.330 e. The van der Waals surface area contributed by atoms with Crippen LogP contribution in [0.15, 0.2) is 73.8 Å². The quantitative estimate of drug-likeness (QED) is 0.269. The van der Waals surface area contributed by atoms with E-state index in [1.807, 2.05) is 48.5 Å². The number of esters is 2. The normalized spacial score (nSPS) is 10.3. The minimum absolute atomic E-state index is 0.176. The molecule has 0 spiro atoms. The van der Waals surface area contributed by atoms with Crippen molar-refractivity contribution >= 4 is 11.9 Å². The van der Waals surface area contributed by atoms with Gasteiger partial charge in [0.15, 0.2) is 0 Å². The zero-order valence-corrected chi connectivity index (χ0v) is 17.8. The summed E-state index contributed by atoms with van der Waals surface area (Å²) < 4.78 is 21.0. The molecule has 0 bridgehead atoms. The summed E-state index contributed by atoms with van der Waals surface area (Å²) in [6.45, 7) is 9.75. The van der Waals surface area contributed by atoms with Crippen LogP contribution in [0.4, 0.5) is 0 Å². The van der Waals surface area contributed by atoms with Gasteiger partial charge in [-0.2, -0.15) is 0 Å². The zero-order chi connectivity index (χ0) is 22.5. The van der Waals surface area contributed by atoms with Gasteiger partial charge in [0.2, 0.25) is 0 Å². The fourth-order valence-corrected chi connectivity index (χ4v) is 2.98. The largest absolute Gasteiger partial charge is 0.490 e. The molecule has 0 aliphatic heterocycles. The van der Waals surface area contributed by atoms with Crippen LogP contribution in [-0.2, 0) is 19.1 Å². The second kappa shape index (κ2) is 12.9. The fourth-order valence-electron chi connectivity index (χ4n) is 2.98. The lowest BCUT2D eigenvalue weighted by molar-refractivity contribution is -0.139. The molecule has 164 valence electrons. The molecule has 6 heteroatoms. The molecular formula is C25H28O6. The van der Waals surface area contributed by atoms with Gasteiger partial charge in [0.1, 0.15) is 37.9 Å². The summed E-state index contributed by atoms with van der Waals surface area (Å²) in [6, 6.07) is 15.8. The van der Waals surface area contributed by atoms with E-state index in [1.165, 1.54) is 11.1 Å². The third-order valence-electron chi connectivity index (χ3n) is 4.50. The first kappa shape index (κ1) is 23.7. The lowest BCUT2D eigenvalue weighted by Gasteiger charge is -2.17. The van der Waals surface area contributed by atoms with Crippen molar-refractivity contribution in [3.05, 3.63) is 85.0 Å². The van der Waals surface area contributed by atoms with Crippen LogP contribution in [0.5, 0.6) is 11.5 Å². The third kappa shape index (κ3) is 8.01. The molecule has 31 heavy (non-hydrogen) atoms. The maximum absolute atomic E-state index is 11.0. The van der Waals surface area contributed by atoms with Crippen molar-refractivity contribution in [3.8, 4) is 11.5 Å². The van der Waals surface area contributed by atoms with Gasteiger partial charge in [-0.3, -0.25) is 0 Å². The van der Waals surface area contributed by atoms with Crippen LogP contribution in [0.1, 0.15) is 30.4 Å². The Morgan fingerprint density at radius 3 is 1.45 bits per heavy atom. The molecule has 6 nitrogen and oxygen atoms in total. The van der Waals surface area contributed by atoms with Crippen molar-refractivity contribution in [2.24, 2.45) is 0 Å². The predicted octanol–water partition coefficient (Wildman–Crippen LogP) is 4.44. The highest BCUT2D eigenvalue weighted by atomic mass is 16.6. The van der Waals surface area contributed by atoms with Crippen LogP contribution in [0.25, 0.3) is 0 Å². The number of carbonyl (C=O) groups excluding carboxylic acids is 2. The van der Waals surface area contributed by atoms with E-state index in [1.54, 1.807) is 0 Å². The van der Waals surface area contributed by atoms with Gasteiger partial charge in [-0.15, -0.1) is 0 Å². The van der Waals surface area contributed by atoms with Gasteiger partial charge < -0.3 is 18.9 Å². The summed E-state index contributed by atoms with van der Waals surface area (Å²) in [5.41, 5.74) is 2.36. The predicted molar refractivity (Wildman–Crippen MR) is 118 cm³/mol. The first-order valence-corrected chi connectivity index (χ1v) is 10.1. The van der Waals surface area contributed by atoms with Gasteiger partial charge in [0.05, 0.1) is 0 Å². The molecule has 0 N–H and O–H groups in total. The molecule has 0 unspecified atom stereocenters. The number of benzene rings is 2. The second-order valence-corrected chi connectivity index (χ2v) is 6.54. The van der Waals surface area contributed by atoms with Gasteiger partial charge in [-0.05, 0) is 41.8 Å². The van der Waals surface area contributed by atoms with Gasteiger partial charge in [0.25, 0.3) is 0 Å². The average molecular weight is 424 g/mol. The summed E-state index contributed by atoms with van der Waals surface area (Å²) in [6.07, 6.45) is 3.19. The van der Waals surface area contributed by atoms with Crippen LogP contribution in [0.3, 0.4) is 0 Å². The van der Waals surface area contributed by atoms with Crippen molar-refractivity contribution in [3.63, 3.8) is 0 Å². The minimum atomic E-state index is -0.461. The van der Waals surface area contributed by atoms with E-state index in [0.29, 0.717) is 11.5 Å². The maximum atomic E-state index is 11.0. The molecule has 0 aliphatic rings. The molecule has 0 heterocycles. The van der Waals surface area contributed by atoms with E-state index in [-0.39, 0.29) is 32.3 Å². The first-order valence-electron chi connectivity index (χ1n) is 10.1. The molecule has 0 aromatic heterocycles. The highest BCUT2D eigenvalue weighted by Crippen LogP contribution is 2.30. The average Bonchev–Trinajstić information content (AvgIpc) is 2.81. The highest BCUT2D eigenvalue weighted by Gasteiger charge is 2.12. The van der Waals surface area contributed by atoms with Gasteiger partial charge in [0, 0.05) is 18.1 Å². The zero-order valence-electron chi connectivity index (χ0n) is 17.8. The maximum Gasteiger partial charge on any atom is 0.330 e. The van der Waals surface area contributed by atoms with E-state index in [4.69, 9.17) is 18.9 Å². The van der Waals surface area contributed by atoms with E-state index >= 15 is 0 Å². The summed E-state index contributed by atoms with van der Waals surface area (Å²) in [4.78, 5) is 22.0. The molecule has 2 aromatic carbocycles. The Bertz CT molecular complexity index is 783. The van der Waals surface area contributed by atoms with Crippen LogP contribution in [0.2, 0.25) is 0 Å². The summed E-state index contributed by atoms with van der Waals surface area (Å²) in [5, 5.41) is 0. The Balaban J connectivity index is 1.88. The topological polar surface area (TPSA) is 71.1 Å². The van der Waals surface area contributed by atoms with Gasteiger partial charge >= 0.3 is 11.9 Å². The Kier molecular flexibility index (Phi) is 9.88. The molecule has 0 saturated heterocycles. The highest BCUT2D eigenvalue weighted by molar-refractivity contribution is 5.81. The summed E-state index contributed by atoms with van der Waals surface area (Å²) >= 11 is 0. The molecule has 0 aliphatic carbocycles. The Labute approximate surface area is 183 Å². The molecule has 0 amide bonds. The lowest BCUT2D eigenvalue weighted by atomic mass is 9.89. The monoisotopic (exact) mass is 424 g/mol. The van der Waals surface area contributed by atoms with Crippen molar-refractivity contribution in [2.45, 2.75) is 19.3 Å². The van der Waals surface area contributed by atoms with E-state index < -0.39 is 11.9 Å². The molecule has 0 atom stereocenters. The molecule has 0 radical (unpaired) electrons. The molecule has 2 aromatic rings. The summed E-state index contributed by atoms with van der Waals surface area (Å²) in [7, 11) is 0. The molecule has 0 saturated carbocycles. The second-order valence-electron chi connectivity index (χ2n) is 6.54. The van der Waals surface area contributed by atoms with Crippen LogP contribution >= 0.6 is 0 Å². The van der Waals surface area contributed by atoms with Crippen molar-refractivity contribution in [2.75, 3.05) is 26.4 Å². The Morgan fingerprint density at radius 2 is 1.13 bits per heavy atom. The lowest BCUT2D eigenvalue weighted by Crippen LogP contribution is -2.10. The molecular weight excluding hydrogens is 396 g/mol. The van der Waals surface area contributed by atoms with E-state index in [9.17, 15) is 9.59 Å². The third-order valence-corrected chi connectivity index (χ3v) is 4.50. The minimum Gasteiger partial charge on any atom is -0.490 e. The van der Waals surface area contributed by atoms with E-state index in [0.717, 1.165) is 18.6 Å². The van der Waals surface area contributed by atoms with Crippen molar-refractivity contribution in [1.29, 1.82) is 0 Å². The fraction of sp³-hybridized carbons (Fsp3) is 0.280. The van der Waals surface area contributed by atoms with Crippen LogP contribution in [-0.4, -0.2) is 38.4 Å². The number of rotatable bonds is 13. The number of ether oxygens (including phenoxy) is 4. The molecule has 2 rings (SSSR count). The number of carbonyl (C=O) groups is 2. The summed E-state index contributed by atoms with van der Waals surface area (Å²) in [5.74, 6) is 0.753. The van der Waals surface area contributed by atoms with E-state index in [2.05, 4.69) is 20.1 Å². The van der Waals surface area contributed by atoms with Crippen LogP contribution < -0.4 is 9.47 Å². The van der Waals surface area contributed by atoms with Crippen molar-refractivity contribution in [1.82, 2.24) is 0 Å². The number of hydrogen-bond acceptors (Lipinski definition) is 6. The standard InChI is InChI=1S/C25H28O6/c1-4-23(19-7-11-21(12-8-19)28-15-17-30-24(26)5-2)20-9-13-22(14-10-20)29-16-18-31-25(27)6-3/h5-14,23H,2-4,15-18H2,1H3. The Hall–Kier alpha value is -3.54. The molecule has 0 fully saturated rings. The SMILES string of the molecule is C=CC(=O)OCCOc1ccc(C(CC)c2ccc(OCCOC(=O)C=C)cc2)cc1. The van der Waals surface area contributed by atoms with Crippen molar-refractivity contribution < 1.29 is 28.5 Å². The van der Waals surface area contributed by atoms with Gasteiger partial charge in [-0.1, -0.05) is 44.3 Å². The van der Waals surface area contributed by atoms with Crippen LogP contribution in [0, 0.1) is 0 Å². The Morgan fingerprint density at radius 1 is 0.742 bits per heavy atom. The number of hydrogen-bond donors (Lipinski definition) is 0. The first-order chi connectivity index (χ1) is 15.1. The van der Waals surface area contributed by atoms with Gasteiger partial charge in [-0.25, -0.2) is 9.59 Å².